The summed E-state index contributed by atoms with van der Waals surface area (Å²) in [5.41, 5.74) is 8.23. The van der Waals surface area contributed by atoms with Crippen molar-refractivity contribution in [3.05, 3.63) is 10.4 Å². The molecule has 0 aromatic heterocycles. The predicted molar refractivity (Wildman–Crippen MR) is 42.1 cm³/mol. The van der Waals surface area contributed by atoms with Crippen LogP contribution in [0.3, 0.4) is 0 Å². The van der Waals surface area contributed by atoms with Crippen LogP contribution < -0.4 is 0 Å². The Morgan fingerprint density at radius 3 is 2.73 bits per heavy atom. The number of azide groups is 1. The Bertz CT molecular complexity index is 171. The van der Waals surface area contributed by atoms with E-state index >= 15 is 0 Å². The number of hydrogen-bond acceptors (Lipinski definition) is 2. The largest absolute Gasteiger partial charge is 0.373 e. The summed E-state index contributed by atoms with van der Waals surface area (Å²) in [4.78, 5) is 2.80. The molecular weight excluding hydrogens is 142 g/mol. The van der Waals surface area contributed by atoms with Crippen LogP contribution in [0.4, 0.5) is 0 Å². The fourth-order valence-corrected chi connectivity index (χ4v) is 1.10. The molecule has 0 radical (unpaired) electrons. The third-order valence-electron chi connectivity index (χ3n) is 1.70. The average molecular weight is 155 g/mol. The molecule has 0 aliphatic carbocycles. The highest BCUT2D eigenvalue weighted by atomic mass is 16.6. The van der Waals surface area contributed by atoms with E-state index in [1.807, 2.05) is 0 Å². The van der Waals surface area contributed by atoms with Crippen LogP contribution in [0.5, 0.6) is 0 Å². The SMILES string of the molecule is CC(C)C[C@H](N=[N+]=[N-])[C@H]1CO1. The maximum Gasteiger partial charge on any atom is 0.0894 e. The van der Waals surface area contributed by atoms with E-state index < -0.39 is 0 Å². The van der Waals surface area contributed by atoms with Gasteiger partial charge in [-0.3, -0.25) is 0 Å². The molecule has 11 heavy (non-hydrogen) atoms. The quantitative estimate of drug-likeness (QED) is 0.265. The average Bonchev–Trinajstić information content (AvgIpc) is 2.66. The normalized spacial score (nSPS) is 24.5. The van der Waals surface area contributed by atoms with Crippen LogP contribution in [0.15, 0.2) is 5.11 Å². The van der Waals surface area contributed by atoms with Crippen molar-refractivity contribution >= 4 is 0 Å². The molecule has 1 aliphatic rings. The van der Waals surface area contributed by atoms with Crippen molar-refractivity contribution < 1.29 is 4.74 Å². The minimum Gasteiger partial charge on any atom is -0.373 e. The molecule has 0 amide bonds. The van der Waals surface area contributed by atoms with E-state index in [9.17, 15) is 0 Å². The summed E-state index contributed by atoms with van der Waals surface area (Å²) in [7, 11) is 0. The van der Waals surface area contributed by atoms with Gasteiger partial charge < -0.3 is 4.74 Å². The fourth-order valence-electron chi connectivity index (χ4n) is 1.10. The summed E-state index contributed by atoms with van der Waals surface area (Å²) < 4.78 is 5.06. The lowest BCUT2D eigenvalue weighted by molar-refractivity contribution is 0.346. The van der Waals surface area contributed by atoms with E-state index in [2.05, 4.69) is 23.9 Å². The van der Waals surface area contributed by atoms with Gasteiger partial charge >= 0.3 is 0 Å². The van der Waals surface area contributed by atoms with Crippen molar-refractivity contribution in [3.8, 4) is 0 Å². The zero-order chi connectivity index (χ0) is 8.27. The van der Waals surface area contributed by atoms with Gasteiger partial charge in [-0.15, -0.1) is 0 Å². The Morgan fingerprint density at radius 2 is 2.36 bits per heavy atom. The second-order valence-electron chi connectivity index (χ2n) is 3.27. The van der Waals surface area contributed by atoms with Gasteiger partial charge in [-0.1, -0.05) is 19.0 Å². The first kappa shape index (κ1) is 8.37. The first-order valence-corrected chi connectivity index (χ1v) is 3.90. The molecule has 1 heterocycles. The molecule has 0 saturated carbocycles. The van der Waals surface area contributed by atoms with Gasteiger partial charge in [0.2, 0.25) is 0 Å². The highest BCUT2D eigenvalue weighted by Gasteiger charge is 2.32. The van der Waals surface area contributed by atoms with E-state index in [0.717, 1.165) is 13.0 Å². The van der Waals surface area contributed by atoms with Crippen LogP contribution in [0.25, 0.3) is 10.4 Å². The van der Waals surface area contributed by atoms with E-state index in [-0.39, 0.29) is 12.1 Å². The van der Waals surface area contributed by atoms with Crippen LogP contribution in [-0.2, 0) is 4.74 Å². The molecule has 0 aromatic rings. The van der Waals surface area contributed by atoms with Crippen molar-refractivity contribution in [2.75, 3.05) is 6.61 Å². The Hall–Kier alpha value is -0.730. The first-order chi connectivity index (χ1) is 5.24. The van der Waals surface area contributed by atoms with Crippen LogP contribution in [0, 0.1) is 5.92 Å². The lowest BCUT2D eigenvalue weighted by Gasteiger charge is -2.09. The third-order valence-corrected chi connectivity index (χ3v) is 1.70. The van der Waals surface area contributed by atoms with Gasteiger partial charge in [-0.05, 0) is 17.9 Å². The third kappa shape index (κ3) is 2.78. The van der Waals surface area contributed by atoms with Gasteiger partial charge in [0, 0.05) is 4.91 Å². The van der Waals surface area contributed by atoms with Crippen molar-refractivity contribution in [3.63, 3.8) is 0 Å². The molecule has 62 valence electrons. The zero-order valence-electron chi connectivity index (χ0n) is 6.90. The van der Waals surface area contributed by atoms with Crippen LogP contribution in [0.1, 0.15) is 20.3 Å². The number of hydrogen-bond donors (Lipinski definition) is 0. The molecule has 4 heteroatoms. The fraction of sp³-hybridized carbons (Fsp3) is 1.00. The number of epoxide rings is 1. The van der Waals surface area contributed by atoms with Crippen molar-refractivity contribution in [1.82, 2.24) is 0 Å². The predicted octanol–water partition coefficient (Wildman–Crippen LogP) is 2.11. The molecule has 1 fully saturated rings. The van der Waals surface area contributed by atoms with E-state index in [1.54, 1.807) is 0 Å². The van der Waals surface area contributed by atoms with Gasteiger partial charge in [0.1, 0.15) is 0 Å². The van der Waals surface area contributed by atoms with Crippen molar-refractivity contribution in [2.24, 2.45) is 11.0 Å². The smallest absolute Gasteiger partial charge is 0.0894 e. The molecule has 0 aromatic carbocycles. The summed E-state index contributed by atoms with van der Waals surface area (Å²) >= 11 is 0. The molecule has 1 aliphatic heterocycles. The van der Waals surface area contributed by atoms with Crippen molar-refractivity contribution in [1.29, 1.82) is 0 Å². The summed E-state index contributed by atoms with van der Waals surface area (Å²) in [6.45, 7) is 4.99. The maximum absolute atomic E-state index is 8.23. The molecule has 1 rings (SSSR count). The summed E-state index contributed by atoms with van der Waals surface area (Å²) in [6, 6.07) is 0.0556. The van der Waals surface area contributed by atoms with Gasteiger partial charge in [0.15, 0.2) is 0 Å². The van der Waals surface area contributed by atoms with Crippen LogP contribution in [-0.4, -0.2) is 18.8 Å². The van der Waals surface area contributed by atoms with Gasteiger partial charge in [-0.25, -0.2) is 0 Å². The molecule has 1 saturated heterocycles. The Balaban J connectivity index is 2.38. The van der Waals surface area contributed by atoms with Crippen molar-refractivity contribution in [2.45, 2.75) is 32.4 Å². The monoisotopic (exact) mass is 155 g/mol. The second kappa shape index (κ2) is 3.60. The minimum atomic E-state index is 0.0556. The first-order valence-electron chi connectivity index (χ1n) is 3.90. The van der Waals surface area contributed by atoms with Crippen LogP contribution >= 0.6 is 0 Å². The minimum absolute atomic E-state index is 0.0556. The van der Waals surface area contributed by atoms with Crippen LogP contribution in [0.2, 0.25) is 0 Å². The Labute approximate surface area is 66.2 Å². The Kier molecular flexibility index (Phi) is 2.74. The molecular formula is C7H13N3O. The van der Waals surface area contributed by atoms with Gasteiger partial charge in [-0.2, -0.15) is 0 Å². The highest BCUT2D eigenvalue weighted by Crippen LogP contribution is 2.22. The highest BCUT2D eigenvalue weighted by molar-refractivity contribution is 4.85. The molecule has 0 bridgehead atoms. The lowest BCUT2D eigenvalue weighted by Crippen LogP contribution is -2.14. The van der Waals surface area contributed by atoms with E-state index in [4.69, 9.17) is 10.3 Å². The second-order valence-corrected chi connectivity index (χ2v) is 3.27. The summed E-state index contributed by atoms with van der Waals surface area (Å²) in [5.74, 6) is 0.565. The molecule has 0 unspecified atom stereocenters. The van der Waals surface area contributed by atoms with E-state index in [0.29, 0.717) is 5.92 Å². The standard InChI is InChI=1S/C7H13N3O/c1-5(2)3-6(9-10-8)7-4-11-7/h5-7H,3-4H2,1-2H3/t6-,7+/m0/s1. The number of rotatable bonds is 4. The number of ether oxygens (including phenoxy) is 1. The van der Waals surface area contributed by atoms with E-state index in [1.165, 1.54) is 0 Å². The van der Waals surface area contributed by atoms with Gasteiger partial charge in [0.25, 0.3) is 0 Å². The summed E-state index contributed by atoms with van der Waals surface area (Å²) in [5, 5.41) is 3.68. The zero-order valence-corrected chi connectivity index (χ0v) is 6.90. The molecule has 0 N–H and O–H groups in total. The molecule has 4 nitrogen and oxygen atoms in total. The maximum atomic E-state index is 8.23. The molecule has 2 atom stereocenters. The summed E-state index contributed by atoms with van der Waals surface area (Å²) in [6.07, 6.45) is 1.13. The molecule has 0 spiro atoms. The topological polar surface area (TPSA) is 61.3 Å². The lowest BCUT2D eigenvalue weighted by atomic mass is 10.0. The Morgan fingerprint density at radius 1 is 1.73 bits per heavy atom. The number of nitrogens with zero attached hydrogens (tertiary/aromatic N) is 3. The van der Waals surface area contributed by atoms with Gasteiger partial charge in [0.05, 0.1) is 18.8 Å².